The summed E-state index contributed by atoms with van der Waals surface area (Å²) >= 11 is 0. The number of aliphatic carboxylic acids is 1. The fraction of sp³-hybridized carbons (Fsp3) is 0.500. The third-order valence-electron chi connectivity index (χ3n) is 1.78. The molecule has 13 heavy (non-hydrogen) atoms. The summed E-state index contributed by atoms with van der Waals surface area (Å²) in [5.41, 5.74) is 1.24. The van der Waals surface area contributed by atoms with Crippen molar-refractivity contribution in [3.63, 3.8) is 0 Å². The van der Waals surface area contributed by atoms with Gasteiger partial charge in [-0.15, -0.1) is 0 Å². The molecule has 0 aliphatic carbocycles. The van der Waals surface area contributed by atoms with Gasteiger partial charge in [0.2, 0.25) is 0 Å². The monoisotopic (exact) mass is 184 g/mol. The first kappa shape index (κ1) is 9.73. The maximum absolute atomic E-state index is 10.3. The van der Waals surface area contributed by atoms with Crippen LogP contribution in [0.1, 0.15) is 23.8 Å². The number of aliphatic hydroxyl groups excluding tert-OH is 1. The zero-order chi connectivity index (χ0) is 10.0. The molecule has 1 rings (SSSR count). The predicted molar refractivity (Wildman–Crippen MR) is 45.2 cm³/mol. The maximum atomic E-state index is 10.3. The quantitative estimate of drug-likeness (QED) is 0.705. The molecule has 0 fully saturated rings. The van der Waals surface area contributed by atoms with E-state index >= 15 is 0 Å². The number of aromatic nitrogens is 2. The Morgan fingerprint density at radius 1 is 1.77 bits per heavy atom. The minimum atomic E-state index is -1.02. The lowest BCUT2D eigenvalue weighted by Crippen LogP contribution is -2.05. The van der Waals surface area contributed by atoms with E-state index in [9.17, 15) is 9.90 Å². The number of aliphatic hydroxyl groups is 1. The van der Waals surface area contributed by atoms with Gasteiger partial charge in [-0.05, 0) is 6.92 Å². The molecule has 0 radical (unpaired) electrons. The van der Waals surface area contributed by atoms with E-state index in [1.807, 2.05) is 0 Å². The first-order valence-electron chi connectivity index (χ1n) is 3.90. The first-order valence-corrected chi connectivity index (χ1v) is 3.90. The van der Waals surface area contributed by atoms with Gasteiger partial charge in [-0.25, -0.2) is 0 Å². The highest BCUT2D eigenvalue weighted by Crippen LogP contribution is 2.18. The van der Waals surface area contributed by atoms with Gasteiger partial charge >= 0.3 is 5.97 Å². The highest BCUT2D eigenvalue weighted by Gasteiger charge is 2.16. The standard InChI is InChI=1S/C8H12N2O3/c1-5-6(4-10(2)9-5)7(11)3-8(12)13/h4,7,11H,3H2,1-2H3,(H,12,13)/t7-/m1/s1. The van der Waals surface area contributed by atoms with Gasteiger partial charge in [-0.2, -0.15) is 5.10 Å². The Labute approximate surface area is 75.6 Å². The molecular weight excluding hydrogens is 172 g/mol. The van der Waals surface area contributed by atoms with Crippen LogP contribution in [0.15, 0.2) is 6.20 Å². The fourth-order valence-electron chi connectivity index (χ4n) is 1.22. The van der Waals surface area contributed by atoms with Crippen LogP contribution in [0.5, 0.6) is 0 Å². The van der Waals surface area contributed by atoms with Crippen molar-refractivity contribution in [1.82, 2.24) is 9.78 Å². The highest BCUT2D eigenvalue weighted by atomic mass is 16.4. The average molecular weight is 184 g/mol. The van der Waals surface area contributed by atoms with Crippen molar-refractivity contribution in [2.45, 2.75) is 19.4 Å². The zero-order valence-corrected chi connectivity index (χ0v) is 7.56. The number of hydrogen-bond donors (Lipinski definition) is 2. The Bertz CT molecular complexity index is 319. The number of aryl methyl sites for hydroxylation is 2. The van der Waals surface area contributed by atoms with Crippen LogP contribution < -0.4 is 0 Å². The van der Waals surface area contributed by atoms with Crippen LogP contribution in [-0.4, -0.2) is 26.0 Å². The van der Waals surface area contributed by atoms with Gasteiger partial charge in [-0.3, -0.25) is 9.48 Å². The van der Waals surface area contributed by atoms with Crippen molar-refractivity contribution in [2.24, 2.45) is 7.05 Å². The molecule has 0 saturated carbocycles. The minimum Gasteiger partial charge on any atom is -0.481 e. The second kappa shape index (κ2) is 3.57. The van der Waals surface area contributed by atoms with Gasteiger partial charge in [0.15, 0.2) is 0 Å². The lowest BCUT2D eigenvalue weighted by molar-refractivity contribution is -0.139. The fourth-order valence-corrected chi connectivity index (χ4v) is 1.22. The second-order valence-corrected chi connectivity index (χ2v) is 2.96. The highest BCUT2D eigenvalue weighted by molar-refractivity contribution is 5.67. The molecule has 1 aromatic heterocycles. The van der Waals surface area contributed by atoms with E-state index < -0.39 is 12.1 Å². The van der Waals surface area contributed by atoms with E-state index in [-0.39, 0.29) is 6.42 Å². The molecule has 72 valence electrons. The summed E-state index contributed by atoms with van der Waals surface area (Å²) in [6.45, 7) is 1.74. The molecule has 1 atom stereocenters. The van der Waals surface area contributed by atoms with Crippen LogP contribution in [0.2, 0.25) is 0 Å². The normalized spacial score (nSPS) is 12.8. The van der Waals surface area contributed by atoms with E-state index in [1.165, 1.54) is 0 Å². The molecule has 0 saturated heterocycles. The van der Waals surface area contributed by atoms with Gasteiger partial charge in [0.05, 0.1) is 18.2 Å². The van der Waals surface area contributed by atoms with Crippen molar-refractivity contribution in [3.8, 4) is 0 Å². The molecule has 0 aliphatic heterocycles. The molecule has 1 heterocycles. The largest absolute Gasteiger partial charge is 0.481 e. The summed E-state index contributed by atoms with van der Waals surface area (Å²) in [5.74, 6) is -1.02. The number of rotatable bonds is 3. The molecule has 0 amide bonds. The van der Waals surface area contributed by atoms with Crippen molar-refractivity contribution in [2.75, 3.05) is 0 Å². The number of hydrogen-bond acceptors (Lipinski definition) is 3. The van der Waals surface area contributed by atoms with Crippen LogP contribution in [0, 0.1) is 6.92 Å². The summed E-state index contributed by atoms with van der Waals surface area (Å²) in [5, 5.41) is 21.9. The van der Waals surface area contributed by atoms with Crippen LogP contribution >= 0.6 is 0 Å². The third-order valence-corrected chi connectivity index (χ3v) is 1.78. The van der Waals surface area contributed by atoms with E-state index in [2.05, 4.69) is 5.10 Å². The summed E-state index contributed by atoms with van der Waals surface area (Å²) in [4.78, 5) is 10.3. The minimum absolute atomic E-state index is 0.285. The first-order chi connectivity index (χ1) is 6.00. The van der Waals surface area contributed by atoms with E-state index in [0.29, 0.717) is 11.3 Å². The van der Waals surface area contributed by atoms with E-state index in [4.69, 9.17) is 5.11 Å². The predicted octanol–water partition coefficient (Wildman–Crippen LogP) is 0.237. The van der Waals surface area contributed by atoms with Crippen molar-refractivity contribution >= 4 is 5.97 Å². The number of carboxylic acids is 1. The number of carbonyl (C=O) groups is 1. The van der Waals surface area contributed by atoms with Crippen LogP contribution in [0.25, 0.3) is 0 Å². The SMILES string of the molecule is Cc1nn(C)cc1[C@H](O)CC(=O)O. The molecule has 0 spiro atoms. The van der Waals surface area contributed by atoms with Gasteiger partial charge in [0.1, 0.15) is 0 Å². The van der Waals surface area contributed by atoms with Gasteiger partial charge in [0, 0.05) is 18.8 Å². The number of carboxylic acid groups (broad SMARTS) is 1. The summed E-state index contributed by atoms with van der Waals surface area (Å²) in [7, 11) is 1.73. The van der Waals surface area contributed by atoms with Gasteiger partial charge < -0.3 is 10.2 Å². The van der Waals surface area contributed by atoms with Gasteiger partial charge in [0.25, 0.3) is 0 Å². The molecule has 1 aromatic rings. The molecule has 5 nitrogen and oxygen atoms in total. The molecule has 0 aliphatic rings. The van der Waals surface area contributed by atoms with Crippen molar-refractivity contribution < 1.29 is 15.0 Å². The molecule has 0 aromatic carbocycles. The Kier molecular flexibility index (Phi) is 2.67. The Morgan fingerprint density at radius 2 is 2.38 bits per heavy atom. The third kappa shape index (κ3) is 2.29. The summed E-state index contributed by atoms with van der Waals surface area (Å²) < 4.78 is 1.55. The average Bonchev–Trinajstić information content (AvgIpc) is 2.28. The zero-order valence-electron chi connectivity index (χ0n) is 7.56. The van der Waals surface area contributed by atoms with Crippen LogP contribution in [0.3, 0.4) is 0 Å². The second-order valence-electron chi connectivity index (χ2n) is 2.96. The lowest BCUT2D eigenvalue weighted by Gasteiger charge is -2.04. The molecular formula is C8H12N2O3. The lowest BCUT2D eigenvalue weighted by atomic mass is 10.1. The Balaban J connectivity index is 2.81. The number of nitrogens with zero attached hydrogens (tertiary/aromatic N) is 2. The summed E-state index contributed by atoms with van der Waals surface area (Å²) in [6, 6.07) is 0. The molecule has 0 unspecified atom stereocenters. The maximum Gasteiger partial charge on any atom is 0.306 e. The molecule has 5 heteroatoms. The Morgan fingerprint density at radius 3 is 2.77 bits per heavy atom. The summed E-state index contributed by atoms with van der Waals surface area (Å²) in [6.07, 6.45) is 0.376. The molecule has 2 N–H and O–H groups in total. The van der Waals surface area contributed by atoms with E-state index in [0.717, 1.165) is 0 Å². The smallest absolute Gasteiger partial charge is 0.306 e. The topological polar surface area (TPSA) is 75.3 Å². The molecule has 0 bridgehead atoms. The van der Waals surface area contributed by atoms with Gasteiger partial charge in [-0.1, -0.05) is 0 Å². The van der Waals surface area contributed by atoms with Crippen LogP contribution in [0.4, 0.5) is 0 Å². The van der Waals surface area contributed by atoms with Crippen molar-refractivity contribution in [3.05, 3.63) is 17.5 Å². The van der Waals surface area contributed by atoms with Crippen LogP contribution in [-0.2, 0) is 11.8 Å². The van der Waals surface area contributed by atoms with E-state index in [1.54, 1.807) is 24.9 Å². The Hall–Kier alpha value is -1.36. The van der Waals surface area contributed by atoms with Crippen molar-refractivity contribution in [1.29, 1.82) is 0 Å².